The fraction of sp³-hybridized carbons (Fsp3) is 0.500. The minimum Gasteiger partial charge on any atom is -0.497 e. The van der Waals surface area contributed by atoms with Crippen LogP contribution in [0, 0.1) is 0 Å². The van der Waals surface area contributed by atoms with Gasteiger partial charge in [0.1, 0.15) is 5.75 Å². The summed E-state index contributed by atoms with van der Waals surface area (Å²) in [6.07, 6.45) is 2.94. The van der Waals surface area contributed by atoms with Crippen LogP contribution in [0.5, 0.6) is 5.75 Å². The molecule has 2 aromatic rings. The van der Waals surface area contributed by atoms with Crippen molar-refractivity contribution < 1.29 is 4.74 Å². The third kappa shape index (κ3) is 6.00. The number of fused-ring (bicyclic) bond motifs is 1. The van der Waals surface area contributed by atoms with Gasteiger partial charge in [0.25, 0.3) is 0 Å². The van der Waals surface area contributed by atoms with Crippen molar-refractivity contribution in [2.45, 2.75) is 33.2 Å². The average Bonchev–Trinajstić information content (AvgIpc) is 2.54. The SMILES string of the molecule is CCN(CCCNc1cc(OC)cc2cccnc12)C(C)C.Cl.Cl. The minimum absolute atomic E-state index is 0. The molecule has 0 fully saturated rings. The van der Waals surface area contributed by atoms with Crippen molar-refractivity contribution in [1.82, 2.24) is 9.88 Å². The number of nitrogens with zero attached hydrogens (tertiary/aromatic N) is 2. The topological polar surface area (TPSA) is 37.4 Å². The van der Waals surface area contributed by atoms with Crippen molar-refractivity contribution in [2.24, 2.45) is 0 Å². The third-order valence-electron chi connectivity index (χ3n) is 3.99. The average molecular weight is 374 g/mol. The molecule has 0 spiro atoms. The molecule has 6 heteroatoms. The highest BCUT2D eigenvalue weighted by atomic mass is 35.5. The maximum Gasteiger partial charge on any atom is 0.121 e. The molecular formula is C18H29Cl2N3O. The van der Waals surface area contributed by atoms with Gasteiger partial charge in [0.15, 0.2) is 0 Å². The lowest BCUT2D eigenvalue weighted by Gasteiger charge is -2.24. The number of methoxy groups -OCH3 is 1. The molecule has 1 aromatic heterocycles. The molecule has 24 heavy (non-hydrogen) atoms. The van der Waals surface area contributed by atoms with Gasteiger partial charge in [-0.05, 0) is 38.9 Å². The molecule has 1 aromatic carbocycles. The third-order valence-corrected chi connectivity index (χ3v) is 3.99. The lowest BCUT2D eigenvalue weighted by Crippen LogP contribution is -2.32. The molecule has 136 valence electrons. The molecule has 0 saturated heterocycles. The number of anilines is 1. The van der Waals surface area contributed by atoms with Crippen LogP contribution in [0.4, 0.5) is 5.69 Å². The van der Waals surface area contributed by atoms with Gasteiger partial charge >= 0.3 is 0 Å². The number of aromatic nitrogens is 1. The molecule has 2 rings (SSSR count). The summed E-state index contributed by atoms with van der Waals surface area (Å²) in [6.45, 7) is 9.85. The van der Waals surface area contributed by atoms with E-state index in [1.54, 1.807) is 7.11 Å². The Morgan fingerprint density at radius 3 is 2.62 bits per heavy atom. The van der Waals surface area contributed by atoms with Crippen molar-refractivity contribution in [3.8, 4) is 5.75 Å². The maximum atomic E-state index is 5.38. The molecule has 1 heterocycles. The molecule has 0 aliphatic heterocycles. The zero-order valence-corrected chi connectivity index (χ0v) is 16.5. The number of rotatable bonds is 8. The van der Waals surface area contributed by atoms with E-state index in [4.69, 9.17) is 4.74 Å². The first-order chi connectivity index (χ1) is 10.7. The van der Waals surface area contributed by atoms with Crippen LogP contribution in [0.1, 0.15) is 27.2 Å². The van der Waals surface area contributed by atoms with Gasteiger partial charge in [-0.25, -0.2) is 0 Å². The maximum absolute atomic E-state index is 5.38. The van der Waals surface area contributed by atoms with Crippen molar-refractivity contribution >= 4 is 41.4 Å². The quantitative estimate of drug-likeness (QED) is 0.685. The Kier molecular flexibility index (Phi) is 10.8. The second kappa shape index (κ2) is 11.3. The summed E-state index contributed by atoms with van der Waals surface area (Å²) in [5.74, 6) is 0.861. The number of ether oxygens (including phenoxy) is 1. The van der Waals surface area contributed by atoms with Crippen molar-refractivity contribution in [3.05, 3.63) is 30.5 Å². The summed E-state index contributed by atoms with van der Waals surface area (Å²) in [5, 5.41) is 4.61. The van der Waals surface area contributed by atoms with Gasteiger partial charge in [-0.1, -0.05) is 13.0 Å². The van der Waals surface area contributed by atoms with Crippen LogP contribution >= 0.6 is 24.8 Å². The lowest BCUT2D eigenvalue weighted by molar-refractivity contribution is 0.233. The summed E-state index contributed by atoms with van der Waals surface area (Å²) in [7, 11) is 1.70. The van der Waals surface area contributed by atoms with E-state index in [0.717, 1.165) is 48.4 Å². The number of hydrogen-bond donors (Lipinski definition) is 1. The standard InChI is InChI=1S/C18H27N3O.2ClH/c1-5-21(14(2)3)11-7-10-19-17-13-16(22-4)12-15-8-6-9-20-18(15)17;;/h6,8-9,12-14,19H,5,7,10-11H2,1-4H3;2*1H. The summed E-state index contributed by atoms with van der Waals surface area (Å²) in [6, 6.07) is 8.66. The smallest absolute Gasteiger partial charge is 0.121 e. The van der Waals surface area contributed by atoms with Crippen LogP contribution in [0.15, 0.2) is 30.5 Å². The molecule has 0 saturated carbocycles. The number of nitrogens with one attached hydrogen (secondary N) is 1. The predicted molar refractivity (Wildman–Crippen MR) is 108 cm³/mol. The van der Waals surface area contributed by atoms with Crippen LogP contribution < -0.4 is 10.1 Å². The fourth-order valence-electron chi connectivity index (χ4n) is 2.70. The van der Waals surface area contributed by atoms with Gasteiger partial charge in [0.05, 0.1) is 18.3 Å². The summed E-state index contributed by atoms with van der Waals surface area (Å²) in [5.41, 5.74) is 2.04. The molecule has 4 nitrogen and oxygen atoms in total. The van der Waals surface area contributed by atoms with E-state index in [1.165, 1.54) is 0 Å². The predicted octanol–water partition coefficient (Wildman–Crippen LogP) is 4.62. The van der Waals surface area contributed by atoms with Gasteiger partial charge in [0, 0.05) is 36.8 Å². The number of halogens is 2. The zero-order valence-electron chi connectivity index (χ0n) is 14.9. The highest BCUT2D eigenvalue weighted by molar-refractivity contribution is 5.91. The zero-order chi connectivity index (χ0) is 15.9. The monoisotopic (exact) mass is 373 g/mol. The molecule has 0 aliphatic carbocycles. The number of benzene rings is 1. The van der Waals surface area contributed by atoms with Gasteiger partial charge in [-0.2, -0.15) is 0 Å². The van der Waals surface area contributed by atoms with Crippen molar-refractivity contribution in [2.75, 3.05) is 32.1 Å². The normalized spacial score (nSPS) is 10.4. The van der Waals surface area contributed by atoms with E-state index >= 15 is 0 Å². The van der Waals surface area contributed by atoms with Gasteiger partial charge in [-0.3, -0.25) is 4.98 Å². The Labute approximate surface area is 157 Å². The van der Waals surface area contributed by atoms with Crippen LogP contribution in [0.3, 0.4) is 0 Å². The Morgan fingerprint density at radius 2 is 2.00 bits per heavy atom. The molecule has 0 amide bonds. The van der Waals surface area contributed by atoms with Gasteiger partial charge < -0.3 is 15.0 Å². The van der Waals surface area contributed by atoms with Crippen LogP contribution in [0.25, 0.3) is 10.9 Å². The van der Waals surface area contributed by atoms with E-state index in [9.17, 15) is 0 Å². The Morgan fingerprint density at radius 1 is 1.25 bits per heavy atom. The molecular weight excluding hydrogens is 345 g/mol. The van der Waals surface area contributed by atoms with E-state index in [0.29, 0.717) is 6.04 Å². The van der Waals surface area contributed by atoms with Crippen LogP contribution in [-0.2, 0) is 0 Å². The van der Waals surface area contributed by atoms with Crippen LogP contribution in [0.2, 0.25) is 0 Å². The summed E-state index contributed by atoms with van der Waals surface area (Å²) >= 11 is 0. The van der Waals surface area contributed by atoms with Crippen molar-refractivity contribution in [1.29, 1.82) is 0 Å². The largest absolute Gasteiger partial charge is 0.497 e. The summed E-state index contributed by atoms with van der Waals surface area (Å²) < 4.78 is 5.38. The molecule has 0 radical (unpaired) electrons. The molecule has 0 unspecified atom stereocenters. The highest BCUT2D eigenvalue weighted by Crippen LogP contribution is 2.27. The first-order valence-corrected chi connectivity index (χ1v) is 8.06. The van der Waals surface area contributed by atoms with Gasteiger partial charge in [-0.15, -0.1) is 24.8 Å². The van der Waals surface area contributed by atoms with E-state index in [1.807, 2.05) is 24.4 Å². The van der Waals surface area contributed by atoms with E-state index in [-0.39, 0.29) is 24.8 Å². The highest BCUT2D eigenvalue weighted by Gasteiger charge is 2.07. The minimum atomic E-state index is 0. The van der Waals surface area contributed by atoms with Crippen LogP contribution in [-0.4, -0.2) is 42.7 Å². The number of hydrogen-bond acceptors (Lipinski definition) is 4. The first-order valence-electron chi connectivity index (χ1n) is 8.06. The van der Waals surface area contributed by atoms with Gasteiger partial charge in [0.2, 0.25) is 0 Å². The Bertz CT molecular complexity index is 608. The second-order valence-electron chi connectivity index (χ2n) is 5.75. The van der Waals surface area contributed by atoms with E-state index < -0.39 is 0 Å². The summed E-state index contributed by atoms with van der Waals surface area (Å²) in [4.78, 5) is 6.96. The first kappa shape index (κ1) is 22.8. The van der Waals surface area contributed by atoms with Crippen molar-refractivity contribution in [3.63, 3.8) is 0 Å². The second-order valence-corrected chi connectivity index (χ2v) is 5.75. The lowest BCUT2D eigenvalue weighted by atomic mass is 10.1. The van der Waals surface area contributed by atoms with E-state index in [2.05, 4.69) is 42.0 Å². The molecule has 0 bridgehead atoms. The molecule has 0 aliphatic rings. The molecule has 0 atom stereocenters. The Balaban J connectivity index is 0.00000264. The fourth-order valence-corrected chi connectivity index (χ4v) is 2.70. The Hall–Kier alpha value is -1.23. The number of pyridine rings is 1. The molecule has 1 N–H and O–H groups in total.